The van der Waals surface area contributed by atoms with E-state index in [0.29, 0.717) is 19.7 Å². The number of aliphatic hydroxyl groups excluding tert-OH is 1. The largest absolute Gasteiger partial charge is 0.467 e. The molecule has 0 aliphatic rings. The Hall–Kier alpha value is -2.15. The van der Waals surface area contributed by atoms with Gasteiger partial charge in [-0.05, 0) is 31.3 Å². The first-order valence-electron chi connectivity index (χ1n) is 8.00. The highest BCUT2D eigenvalue weighted by Crippen LogP contribution is 2.15. The highest BCUT2D eigenvalue weighted by molar-refractivity contribution is 5.75. The quantitative estimate of drug-likeness (QED) is 0.686. The zero-order chi connectivity index (χ0) is 16.9. The molecule has 0 saturated heterocycles. The van der Waals surface area contributed by atoms with Crippen LogP contribution in [0, 0.1) is 0 Å². The van der Waals surface area contributed by atoms with Gasteiger partial charge in [0, 0.05) is 13.6 Å². The number of likely N-dealkylation sites (N-methyl/N-ethyl adjacent to an activating group) is 1. The van der Waals surface area contributed by atoms with Crippen LogP contribution < -0.4 is 0 Å². The van der Waals surface area contributed by atoms with Crippen molar-refractivity contribution in [1.82, 2.24) is 14.5 Å². The summed E-state index contributed by atoms with van der Waals surface area (Å²) in [4.78, 5) is 6.70. The molecule has 2 aromatic heterocycles. The molecule has 0 spiro atoms. The Morgan fingerprint density at radius 3 is 2.88 bits per heavy atom. The fourth-order valence-electron chi connectivity index (χ4n) is 2.75. The molecule has 1 aromatic carbocycles. The highest BCUT2D eigenvalue weighted by atomic mass is 16.5. The van der Waals surface area contributed by atoms with Crippen molar-refractivity contribution in [1.29, 1.82) is 0 Å². The summed E-state index contributed by atoms with van der Waals surface area (Å²) in [6, 6.07) is 11.7. The van der Waals surface area contributed by atoms with E-state index in [1.54, 1.807) is 6.26 Å². The number of aliphatic hydroxyl groups is 1. The lowest BCUT2D eigenvalue weighted by molar-refractivity contribution is 0.00734. The zero-order valence-corrected chi connectivity index (χ0v) is 14.1. The van der Waals surface area contributed by atoms with Gasteiger partial charge in [0.25, 0.3) is 0 Å². The summed E-state index contributed by atoms with van der Waals surface area (Å²) in [5.41, 5.74) is 2.11. The van der Waals surface area contributed by atoms with Gasteiger partial charge < -0.3 is 18.8 Å². The predicted molar refractivity (Wildman–Crippen MR) is 91.4 cm³/mol. The lowest BCUT2D eigenvalue weighted by Crippen LogP contribution is -2.32. The number of para-hydroxylation sites is 2. The fourth-order valence-corrected chi connectivity index (χ4v) is 2.75. The van der Waals surface area contributed by atoms with Crippen LogP contribution in [0.2, 0.25) is 0 Å². The van der Waals surface area contributed by atoms with E-state index >= 15 is 0 Å². The van der Waals surface area contributed by atoms with Crippen LogP contribution in [0.5, 0.6) is 0 Å². The van der Waals surface area contributed by atoms with Crippen LogP contribution in [-0.2, 0) is 24.9 Å². The first-order chi connectivity index (χ1) is 11.6. The molecule has 1 unspecified atom stereocenters. The maximum atomic E-state index is 10.1. The minimum atomic E-state index is -0.556. The molecule has 0 aliphatic carbocycles. The first kappa shape index (κ1) is 16.7. The maximum absolute atomic E-state index is 10.1. The number of ether oxygens (including phenoxy) is 1. The van der Waals surface area contributed by atoms with E-state index in [2.05, 4.69) is 15.6 Å². The molecule has 1 atom stereocenters. The number of furan rings is 1. The van der Waals surface area contributed by atoms with E-state index in [9.17, 15) is 5.11 Å². The fraction of sp³-hybridized carbons (Fsp3) is 0.389. The van der Waals surface area contributed by atoms with E-state index in [0.717, 1.165) is 22.6 Å². The second-order valence-electron chi connectivity index (χ2n) is 6.02. The van der Waals surface area contributed by atoms with Crippen LogP contribution in [0.1, 0.15) is 11.6 Å². The van der Waals surface area contributed by atoms with E-state index < -0.39 is 6.10 Å². The molecule has 0 bridgehead atoms. The number of aromatic nitrogens is 2. The maximum Gasteiger partial charge on any atom is 0.129 e. The van der Waals surface area contributed by atoms with Crippen molar-refractivity contribution >= 4 is 11.0 Å². The number of rotatable bonds is 8. The Morgan fingerprint density at radius 2 is 2.12 bits per heavy atom. The molecular formula is C18H23N3O3. The number of imidazole rings is 1. The number of benzene rings is 1. The molecule has 3 rings (SSSR count). The third-order valence-electron chi connectivity index (χ3n) is 3.95. The second kappa shape index (κ2) is 7.61. The van der Waals surface area contributed by atoms with Crippen molar-refractivity contribution in [2.45, 2.75) is 19.3 Å². The molecule has 6 nitrogen and oxygen atoms in total. The van der Waals surface area contributed by atoms with Crippen molar-refractivity contribution in [3.05, 3.63) is 54.2 Å². The van der Waals surface area contributed by atoms with Crippen LogP contribution in [-0.4, -0.2) is 45.9 Å². The first-order valence-corrected chi connectivity index (χ1v) is 8.00. The van der Waals surface area contributed by atoms with Crippen LogP contribution in [0.15, 0.2) is 47.1 Å². The molecule has 0 amide bonds. The summed E-state index contributed by atoms with van der Waals surface area (Å²) in [7, 11) is 3.98. The molecule has 2 heterocycles. The molecule has 0 fully saturated rings. The normalized spacial score (nSPS) is 13.0. The highest BCUT2D eigenvalue weighted by Gasteiger charge is 2.13. The molecular weight excluding hydrogens is 306 g/mol. The lowest BCUT2D eigenvalue weighted by atomic mass is 10.3. The van der Waals surface area contributed by atoms with Crippen molar-refractivity contribution in [2.24, 2.45) is 7.05 Å². The Morgan fingerprint density at radius 1 is 1.29 bits per heavy atom. The van der Waals surface area contributed by atoms with E-state index in [4.69, 9.17) is 9.15 Å². The average molecular weight is 329 g/mol. The Kier molecular flexibility index (Phi) is 5.30. The van der Waals surface area contributed by atoms with Gasteiger partial charge in [0.05, 0.1) is 36.6 Å². The lowest BCUT2D eigenvalue weighted by Gasteiger charge is -2.20. The molecule has 0 radical (unpaired) electrons. The molecule has 128 valence electrons. The number of hydrogen-bond donors (Lipinski definition) is 1. The molecule has 3 aromatic rings. The standard InChI is InChI=1S/C18H23N3O3/c1-20(10-14(22)12-23-13-15-6-5-9-24-15)11-18-19-16-7-3-4-8-17(16)21(18)2/h3-9,14,22H,10-13H2,1-2H3. The molecule has 6 heteroatoms. The Bertz CT molecular complexity index is 767. The van der Waals surface area contributed by atoms with Gasteiger partial charge >= 0.3 is 0 Å². The van der Waals surface area contributed by atoms with Crippen molar-refractivity contribution < 1.29 is 14.3 Å². The molecule has 0 saturated carbocycles. The van der Waals surface area contributed by atoms with Gasteiger partial charge in [0.1, 0.15) is 18.2 Å². The van der Waals surface area contributed by atoms with E-state index in [-0.39, 0.29) is 6.61 Å². The van der Waals surface area contributed by atoms with Gasteiger partial charge in [-0.3, -0.25) is 4.90 Å². The Balaban J connectivity index is 1.49. The van der Waals surface area contributed by atoms with Crippen LogP contribution >= 0.6 is 0 Å². The third kappa shape index (κ3) is 4.03. The van der Waals surface area contributed by atoms with Gasteiger partial charge in [-0.1, -0.05) is 12.1 Å². The van der Waals surface area contributed by atoms with E-state index in [1.165, 1.54) is 0 Å². The second-order valence-corrected chi connectivity index (χ2v) is 6.02. The average Bonchev–Trinajstić information content (AvgIpc) is 3.17. The molecule has 24 heavy (non-hydrogen) atoms. The van der Waals surface area contributed by atoms with Gasteiger partial charge in [-0.15, -0.1) is 0 Å². The third-order valence-corrected chi connectivity index (χ3v) is 3.95. The van der Waals surface area contributed by atoms with Crippen LogP contribution in [0.25, 0.3) is 11.0 Å². The SMILES string of the molecule is CN(Cc1nc2ccccc2n1C)CC(O)COCc1ccco1. The predicted octanol–water partition coefficient (Wildman–Crippen LogP) is 2.18. The van der Waals surface area contributed by atoms with E-state index in [1.807, 2.05) is 49.3 Å². The summed E-state index contributed by atoms with van der Waals surface area (Å²) >= 11 is 0. The number of fused-ring (bicyclic) bond motifs is 1. The van der Waals surface area contributed by atoms with Gasteiger partial charge in [0.15, 0.2) is 0 Å². The number of hydrogen-bond acceptors (Lipinski definition) is 5. The number of nitrogens with zero attached hydrogens (tertiary/aromatic N) is 3. The monoisotopic (exact) mass is 329 g/mol. The summed E-state index contributed by atoms with van der Waals surface area (Å²) < 4.78 is 12.7. The van der Waals surface area contributed by atoms with Gasteiger partial charge in [-0.25, -0.2) is 4.98 Å². The van der Waals surface area contributed by atoms with Crippen molar-refractivity contribution in [2.75, 3.05) is 20.2 Å². The van der Waals surface area contributed by atoms with Crippen molar-refractivity contribution in [3.8, 4) is 0 Å². The topological polar surface area (TPSA) is 63.7 Å². The Labute approximate surface area is 141 Å². The molecule has 1 N–H and O–H groups in total. The minimum absolute atomic E-state index is 0.271. The molecule has 0 aliphatic heterocycles. The summed E-state index contributed by atoms with van der Waals surface area (Å²) in [5, 5.41) is 10.1. The summed E-state index contributed by atoms with van der Waals surface area (Å²) in [6.07, 6.45) is 1.05. The van der Waals surface area contributed by atoms with Crippen LogP contribution in [0.4, 0.5) is 0 Å². The minimum Gasteiger partial charge on any atom is -0.467 e. The van der Waals surface area contributed by atoms with Gasteiger partial charge in [0.2, 0.25) is 0 Å². The van der Waals surface area contributed by atoms with Gasteiger partial charge in [-0.2, -0.15) is 0 Å². The summed E-state index contributed by atoms with van der Waals surface area (Å²) in [5.74, 6) is 1.73. The van der Waals surface area contributed by atoms with Crippen molar-refractivity contribution in [3.63, 3.8) is 0 Å². The number of aryl methyl sites for hydroxylation is 1. The summed E-state index contributed by atoms with van der Waals surface area (Å²) in [6.45, 7) is 1.83. The smallest absolute Gasteiger partial charge is 0.129 e. The zero-order valence-electron chi connectivity index (χ0n) is 14.1. The van der Waals surface area contributed by atoms with Crippen LogP contribution in [0.3, 0.4) is 0 Å².